The fourth-order valence-electron chi connectivity index (χ4n) is 1.84. The van der Waals surface area contributed by atoms with Crippen LogP contribution in [-0.4, -0.2) is 18.4 Å². The van der Waals surface area contributed by atoms with Crippen LogP contribution in [0, 0.1) is 5.82 Å². The minimum atomic E-state index is -0.499. The highest BCUT2D eigenvalue weighted by Crippen LogP contribution is 2.19. The molecule has 3 N–H and O–H groups in total. The Labute approximate surface area is 127 Å². The number of amides is 2. The zero-order valence-corrected chi connectivity index (χ0v) is 12.0. The third-order valence-electron chi connectivity index (χ3n) is 2.78. The lowest BCUT2D eigenvalue weighted by molar-refractivity contribution is -0.115. The highest BCUT2D eigenvalue weighted by molar-refractivity contribution is 5.94. The van der Waals surface area contributed by atoms with Gasteiger partial charge in [-0.25, -0.2) is 4.39 Å². The molecule has 0 unspecified atom stereocenters. The van der Waals surface area contributed by atoms with Gasteiger partial charge < -0.3 is 16.0 Å². The Hall–Kier alpha value is -2.89. The number of carbonyl (C=O) groups is 2. The summed E-state index contributed by atoms with van der Waals surface area (Å²) >= 11 is 0. The van der Waals surface area contributed by atoms with Gasteiger partial charge in [0.1, 0.15) is 5.82 Å². The van der Waals surface area contributed by atoms with E-state index in [4.69, 9.17) is 0 Å². The van der Waals surface area contributed by atoms with Crippen LogP contribution in [0.4, 0.5) is 21.5 Å². The van der Waals surface area contributed by atoms with Crippen molar-refractivity contribution in [3.05, 3.63) is 54.3 Å². The van der Waals surface area contributed by atoms with Gasteiger partial charge in [0.05, 0.1) is 12.2 Å². The van der Waals surface area contributed by atoms with Crippen LogP contribution in [0.5, 0.6) is 0 Å². The fourth-order valence-corrected chi connectivity index (χ4v) is 1.84. The predicted molar refractivity (Wildman–Crippen MR) is 84.3 cm³/mol. The summed E-state index contributed by atoms with van der Waals surface area (Å²) in [6.45, 7) is 1.28. The molecule has 0 atom stereocenters. The molecular formula is C16H16FN3O2. The molecule has 5 nitrogen and oxygen atoms in total. The lowest BCUT2D eigenvalue weighted by Gasteiger charge is -2.10. The second-order valence-corrected chi connectivity index (χ2v) is 4.64. The number of carbonyl (C=O) groups excluding carboxylic acids is 2. The normalized spacial score (nSPS) is 9.91. The third kappa shape index (κ3) is 4.59. The van der Waals surface area contributed by atoms with Crippen molar-refractivity contribution in [2.45, 2.75) is 6.92 Å². The van der Waals surface area contributed by atoms with E-state index in [0.29, 0.717) is 11.4 Å². The van der Waals surface area contributed by atoms with Gasteiger partial charge in [0.25, 0.3) is 0 Å². The third-order valence-corrected chi connectivity index (χ3v) is 2.78. The molecule has 2 rings (SSSR count). The van der Waals surface area contributed by atoms with Crippen molar-refractivity contribution in [1.29, 1.82) is 0 Å². The average molecular weight is 301 g/mol. The van der Waals surface area contributed by atoms with E-state index >= 15 is 0 Å². The van der Waals surface area contributed by atoms with Gasteiger partial charge in [-0.05, 0) is 30.3 Å². The number of hydrogen-bond acceptors (Lipinski definition) is 3. The van der Waals surface area contributed by atoms with E-state index in [-0.39, 0.29) is 24.0 Å². The van der Waals surface area contributed by atoms with Crippen molar-refractivity contribution in [3.8, 4) is 0 Å². The molecule has 2 aromatic carbocycles. The topological polar surface area (TPSA) is 70.2 Å². The number of anilines is 3. The fraction of sp³-hybridized carbons (Fsp3) is 0.125. The Balaban J connectivity index is 1.95. The maximum atomic E-state index is 13.7. The predicted octanol–water partition coefficient (Wildman–Crippen LogP) is 2.83. The summed E-state index contributed by atoms with van der Waals surface area (Å²) < 4.78 is 13.7. The quantitative estimate of drug-likeness (QED) is 0.795. The van der Waals surface area contributed by atoms with Crippen molar-refractivity contribution in [3.63, 3.8) is 0 Å². The number of para-hydroxylation sites is 1. The molecule has 114 valence electrons. The van der Waals surface area contributed by atoms with E-state index in [1.807, 2.05) is 6.07 Å². The standard InChI is InChI=1S/C16H16FN3O2/c1-11(21)19-13-7-8-14(17)15(9-13)18-10-16(22)20-12-5-3-2-4-6-12/h2-9,18H,10H2,1H3,(H,19,21)(H,20,22). The summed E-state index contributed by atoms with van der Waals surface area (Å²) in [5, 5.41) is 7.95. The molecule has 0 aliphatic carbocycles. The van der Waals surface area contributed by atoms with E-state index in [1.54, 1.807) is 24.3 Å². The van der Waals surface area contributed by atoms with E-state index in [2.05, 4.69) is 16.0 Å². The monoisotopic (exact) mass is 301 g/mol. The largest absolute Gasteiger partial charge is 0.374 e. The SMILES string of the molecule is CC(=O)Nc1ccc(F)c(NCC(=O)Nc2ccccc2)c1. The molecule has 0 aliphatic rings. The number of rotatable bonds is 5. The molecule has 0 saturated carbocycles. The van der Waals surface area contributed by atoms with E-state index < -0.39 is 5.82 Å². The maximum Gasteiger partial charge on any atom is 0.243 e. The first-order valence-corrected chi connectivity index (χ1v) is 6.70. The molecule has 0 spiro atoms. The Morgan fingerprint density at radius 1 is 1.00 bits per heavy atom. The van der Waals surface area contributed by atoms with Crippen LogP contribution in [0.2, 0.25) is 0 Å². The number of hydrogen-bond donors (Lipinski definition) is 3. The summed E-state index contributed by atoms with van der Waals surface area (Å²) in [6, 6.07) is 13.1. The van der Waals surface area contributed by atoms with Gasteiger partial charge in [0.15, 0.2) is 0 Å². The van der Waals surface area contributed by atoms with Crippen molar-refractivity contribution in [1.82, 2.24) is 0 Å². The Bertz CT molecular complexity index is 674. The summed E-state index contributed by atoms with van der Waals surface area (Å²) in [7, 11) is 0. The zero-order valence-electron chi connectivity index (χ0n) is 12.0. The smallest absolute Gasteiger partial charge is 0.243 e. The van der Waals surface area contributed by atoms with E-state index in [9.17, 15) is 14.0 Å². The lowest BCUT2D eigenvalue weighted by atomic mass is 10.2. The first-order valence-electron chi connectivity index (χ1n) is 6.70. The number of nitrogens with one attached hydrogen (secondary N) is 3. The first kappa shape index (κ1) is 15.5. The maximum absolute atomic E-state index is 13.7. The van der Waals surface area contributed by atoms with Crippen molar-refractivity contribution >= 4 is 28.9 Å². The van der Waals surface area contributed by atoms with Crippen LogP contribution in [0.3, 0.4) is 0 Å². The number of halogens is 1. The molecular weight excluding hydrogens is 285 g/mol. The van der Waals surface area contributed by atoms with Gasteiger partial charge in [-0.2, -0.15) is 0 Å². The van der Waals surface area contributed by atoms with Crippen LogP contribution in [0.15, 0.2) is 48.5 Å². The van der Waals surface area contributed by atoms with E-state index in [0.717, 1.165) is 0 Å². The van der Waals surface area contributed by atoms with Crippen LogP contribution in [-0.2, 0) is 9.59 Å². The zero-order chi connectivity index (χ0) is 15.9. The van der Waals surface area contributed by atoms with Crippen LogP contribution >= 0.6 is 0 Å². The van der Waals surface area contributed by atoms with Gasteiger partial charge >= 0.3 is 0 Å². The molecule has 2 amide bonds. The highest BCUT2D eigenvalue weighted by Gasteiger charge is 2.07. The van der Waals surface area contributed by atoms with Gasteiger partial charge in [0.2, 0.25) is 11.8 Å². The van der Waals surface area contributed by atoms with Crippen molar-refractivity contribution < 1.29 is 14.0 Å². The molecule has 6 heteroatoms. The first-order chi connectivity index (χ1) is 10.5. The van der Waals surface area contributed by atoms with Crippen LogP contribution < -0.4 is 16.0 Å². The second-order valence-electron chi connectivity index (χ2n) is 4.64. The Morgan fingerprint density at radius 2 is 1.73 bits per heavy atom. The van der Waals surface area contributed by atoms with Gasteiger partial charge in [-0.1, -0.05) is 18.2 Å². The summed E-state index contributed by atoms with van der Waals surface area (Å²) in [5.41, 5.74) is 1.27. The average Bonchev–Trinajstić information content (AvgIpc) is 2.48. The molecule has 0 fully saturated rings. The summed E-state index contributed by atoms with van der Waals surface area (Å²) in [4.78, 5) is 22.8. The van der Waals surface area contributed by atoms with E-state index in [1.165, 1.54) is 25.1 Å². The molecule has 0 aromatic heterocycles. The Morgan fingerprint density at radius 3 is 2.41 bits per heavy atom. The van der Waals surface area contributed by atoms with Crippen LogP contribution in [0.25, 0.3) is 0 Å². The summed E-state index contributed by atoms with van der Waals surface area (Å²) in [5.74, 6) is -1.04. The molecule has 22 heavy (non-hydrogen) atoms. The lowest BCUT2D eigenvalue weighted by Crippen LogP contribution is -2.22. The summed E-state index contributed by atoms with van der Waals surface area (Å²) in [6.07, 6.45) is 0. The molecule has 0 heterocycles. The molecule has 0 saturated heterocycles. The van der Waals surface area contributed by atoms with Crippen molar-refractivity contribution in [2.75, 3.05) is 22.5 Å². The molecule has 0 radical (unpaired) electrons. The highest BCUT2D eigenvalue weighted by atomic mass is 19.1. The van der Waals surface area contributed by atoms with Crippen LogP contribution in [0.1, 0.15) is 6.92 Å². The molecule has 2 aromatic rings. The molecule has 0 bridgehead atoms. The Kier molecular flexibility index (Phi) is 5.08. The van der Waals surface area contributed by atoms with Gasteiger partial charge in [-0.3, -0.25) is 9.59 Å². The van der Waals surface area contributed by atoms with Gasteiger partial charge in [-0.15, -0.1) is 0 Å². The minimum absolute atomic E-state index is 0.0880. The molecule has 0 aliphatic heterocycles. The minimum Gasteiger partial charge on any atom is -0.374 e. The van der Waals surface area contributed by atoms with Crippen molar-refractivity contribution in [2.24, 2.45) is 0 Å². The number of benzene rings is 2. The van der Waals surface area contributed by atoms with Gasteiger partial charge in [0, 0.05) is 18.3 Å². The second kappa shape index (κ2) is 7.21.